The van der Waals surface area contributed by atoms with Crippen molar-refractivity contribution in [3.63, 3.8) is 0 Å². The highest BCUT2D eigenvalue weighted by molar-refractivity contribution is 6.07. The van der Waals surface area contributed by atoms with E-state index < -0.39 is 5.97 Å². The van der Waals surface area contributed by atoms with Gasteiger partial charge < -0.3 is 25.0 Å². The highest BCUT2D eigenvalue weighted by atomic mass is 16.5. The van der Waals surface area contributed by atoms with E-state index in [1.54, 1.807) is 48.2 Å². The highest BCUT2D eigenvalue weighted by Crippen LogP contribution is 2.34. The van der Waals surface area contributed by atoms with Crippen LogP contribution in [0.25, 0.3) is 0 Å². The summed E-state index contributed by atoms with van der Waals surface area (Å²) in [7, 11) is 3.26. The van der Waals surface area contributed by atoms with E-state index in [9.17, 15) is 19.5 Å². The Morgan fingerprint density at radius 2 is 1.86 bits per heavy atom. The molecule has 198 valence electrons. The van der Waals surface area contributed by atoms with Crippen LogP contribution in [0.5, 0.6) is 5.75 Å². The fraction of sp³-hybridized carbons (Fsp3) is 0.429. The fourth-order valence-corrected chi connectivity index (χ4v) is 4.42. The predicted octanol–water partition coefficient (Wildman–Crippen LogP) is 3.68. The topological polar surface area (TPSA) is 123 Å². The Morgan fingerprint density at radius 3 is 2.43 bits per heavy atom. The van der Waals surface area contributed by atoms with Gasteiger partial charge in [0.25, 0.3) is 5.91 Å². The zero-order chi connectivity index (χ0) is 27.7. The number of nitrogens with zero attached hydrogens (tertiary/aromatic N) is 2. The number of nitrogens with one attached hydrogen (secondary N) is 2. The van der Waals surface area contributed by atoms with Crippen LogP contribution in [0.15, 0.2) is 30.3 Å². The number of Topliss-reactive ketones (excluding diaryl/α,β-unsaturated/α-hetero) is 1. The summed E-state index contributed by atoms with van der Waals surface area (Å²) in [5.74, 6) is -0.760. The zero-order valence-electron chi connectivity index (χ0n) is 22.6. The van der Waals surface area contributed by atoms with Gasteiger partial charge in [0.05, 0.1) is 18.2 Å². The minimum Gasteiger partial charge on any atom is -0.490 e. The van der Waals surface area contributed by atoms with E-state index in [0.717, 1.165) is 16.8 Å². The molecule has 0 spiro atoms. The Morgan fingerprint density at radius 1 is 1.19 bits per heavy atom. The molecule has 0 unspecified atom stereocenters. The lowest BCUT2D eigenvalue weighted by Crippen LogP contribution is -2.31. The van der Waals surface area contributed by atoms with Crippen LogP contribution in [0.4, 0.5) is 5.69 Å². The second kappa shape index (κ2) is 10.6. The number of carbonyl (C=O) groups excluding carboxylic acids is 2. The lowest BCUT2D eigenvalue weighted by molar-refractivity contribution is -0.135. The number of amidine groups is 1. The molecule has 3 rings (SSSR count). The van der Waals surface area contributed by atoms with E-state index in [2.05, 4.69) is 5.32 Å². The van der Waals surface area contributed by atoms with E-state index in [1.165, 1.54) is 0 Å². The molecule has 0 saturated carbocycles. The third-order valence-electron chi connectivity index (χ3n) is 6.22. The smallest absolute Gasteiger partial charge is 0.323 e. The minimum absolute atomic E-state index is 0.00289. The molecule has 1 aliphatic heterocycles. The molecule has 0 radical (unpaired) electrons. The number of fused-ring (bicyclic) bond motifs is 1. The average molecular weight is 509 g/mol. The summed E-state index contributed by atoms with van der Waals surface area (Å²) in [6.45, 7) is 10.0. The van der Waals surface area contributed by atoms with Crippen molar-refractivity contribution >= 4 is 29.2 Å². The Labute approximate surface area is 217 Å². The van der Waals surface area contributed by atoms with Crippen LogP contribution in [-0.4, -0.2) is 66.8 Å². The number of anilines is 1. The lowest BCUT2D eigenvalue weighted by atomic mass is 9.84. The van der Waals surface area contributed by atoms with Crippen molar-refractivity contribution in [1.29, 1.82) is 5.41 Å². The molecule has 0 bridgehead atoms. The Bertz CT molecular complexity index is 1250. The molecule has 2 aromatic rings. The van der Waals surface area contributed by atoms with Gasteiger partial charge in [0.15, 0.2) is 5.78 Å². The van der Waals surface area contributed by atoms with Gasteiger partial charge in [-0.1, -0.05) is 20.8 Å². The van der Waals surface area contributed by atoms with Gasteiger partial charge in [0, 0.05) is 37.5 Å². The summed E-state index contributed by atoms with van der Waals surface area (Å²) in [6, 6.07) is 8.75. The van der Waals surface area contributed by atoms with E-state index in [4.69, 9.17) is 10.1 Å². The molecule has 1 aliphatic rings. The van der Waals surface area contributed by atoms with Crippen molar-refractivity contribution in [2.45, 2.75) is 52.7 Å². The first-order valence-corrected chi connectivity index (χ1v) is 12.2. The molecule has 37 heavy (non-hydrogen) atoms. The van der Waals surface area contributed by atoms with Gasteiger partial charge in [-0.25, -0.2) is 0 Å². The van der Waals surface area contributed by atoms with Crippen molar-refractivity contribution in [3.8, 4) is 5.75 Å². The maximum absolute atomic E-state index is 13.3. The Kier molecular flexibility index (Phi) is 7.95. The van der Waals surface area contributed by atoms with Crippen molar-refractivity contribution < 1.29 is 24.2 Å². The van der Waals surface area contributed by atoms with Crippen LogP contribution in [0.2, 0.25) is 0 Å². The molecule has 0 aromatic heterocycles. The van der Waals surface area contributed by atoms with Crippen LogP contribution >= 0.6 is 0 Å². The monoisotopic (exact) mass is 508 g/mol. The summed E-state index contributed by atoms with van der Waals surface area (Å²) in [5, 5.41) is 20.5. The van der Waals surface area contributed by atoms with Gasteiger partial charge in [0.2, 0.25) is 0 Å². The van der Waals surface area contributed by atoms with Gasteiger partial charge in [-0.3, -0.25) is 19.8 Å². The van der Waals surface area contributed by atoms with Crippen molar-refractivity contribution in [3.05, 3.63) is 58.1 Å². The predicted molar refractivity (Wildman–Crippen MR) is 143 cm³/mol. The molecule has 3 N–H and O–H groups in total. The molecular formula is C28H36N4O5. The van der Waals surface area contributed by atoms with Gasteiger partial charge in [-0.15, -0.1) is 0 Å². The molecule has 9 heteroatoms. The van der Waals surface area contributed by atoms with E-state index in [-0.39, 0.29) is 42.1 Å². The number of benzene rings is 2. The van der Waals surface area contributed by atoms with Crippen molar-refractivity contribution in [1.82, 2.24) is 10.2 Å². The third kappa shape index (κ3) is 6.10. The minimum atomic E-state index is -0.934. The van der Waals surface area contributed by atoms with E-state index >= 15 is 0 Å². The number of carboxylic acids is 1. The second-order valence-electron chi connectivity index (χ2n) is 10.6. The molecule has 2 aromatic carbocycles. The molecule has 0 aliphatic carbocycles. The van der Waals surface area contributed by atoms with Crippen molar-refractivity contribution in [2.24, 2.45) is 0 Å². The number of rotatable bonds is 9. The number of hydrogen-bond donors (Lipinski definition) is 3. The molecule has 0 atom stereocenters. The maximum Gasteiger partial charge on any atom is 0.323 e. The van der Waals surface area contributed by atoms with Crippen LogP contribution in [0.3, 0.4) is 0 Å². The summed E-state index contributed by atoms with van der Waals surface area (Å²) in [6.07, 6.45) is -0.130. The first-order chi connectivity index (χ1) is 17.2. The number of amides is 1. The number of ketones is 1. The average Bonchev–Trinajstić information content (AvgIpc) is 3.10. The molecule has 9 nitrogen and oxygen atoms in total. The molecule has 1 amide bonds. The number of aliphatic carboxylic acids is 1. The van der Waals surface area contributed by atoms with Gasteiger partial charge in [-0.05, 0) is 60.7 Å². The first kappa shape index (κ1) is 27.7. The number of carbonyl (C=O) groups is 3. The molecule has 1 heterocycles. The SMILES string of the molecule is CNC(=O)c1cc2c(cc1OC(C)C)CN(CC(=O)c1ccc(N(C)CC(=O)O)c(C(C)(C)C)c1)C2=N. The number of carboxylic acid groups (broad SMARTS) is 1. The van der Waals surface area contributed by atoms with E-state index in [1.807, 2.05) is 40.7 Å². The zero-order valence-corrected chi connectivity index (χ0v) is 22.6. The summed E-state index contributed by atoms with van der Waals surface area (Å²) in [4.78, 5) is 40.4. The lowest BCUT2D eigenvalue weighted by Gasteiger charge is -2.28. The van der Waals surface area contributed by atoms with Crippen LogP contribution in [-0.2, 0) is 16.8 Å². The van der Waals surface area contributed by atoms with Crippen LogP contribution in [0.1, 0.15) is 72.0 Å². The number of likely N-dealkylation sites (N-methyl/N-ethyl adjacent to an activating group) is 1. The summed E-state index contributed by atoms with van der Waals surface area (Å²) < 4.78 is 5.86. The van der Waals surface area contributed by atoms with E-state index in [0.29, 0.717) is 29.0 Å². The highest BCUT2D eigenvalue weighted by Gasteiger charge is 2.30. The summed E-state index contributed by atoms with van der Waals surface area (Å²) >= 11 is 0. The van der Waals surface area contributed by atoms with Gasteiger partial charge >= 0.3 is 5.97 Å². The molecule has 0 fully saturated rings. The second-order valence-corrected chi connectivity index (χ2v) is 10.6. The van der Waals surface area contributed by atoms with Gasteiger partial charge in [-0.2, -0.15) is 0 Å². The molecular weight excluding hydrogens is 472 g/mol. The maximum atomic E-state index is 13.3. The summed E-state index contributed by atoms with van der Waals surface area (Å²) in [5.41, 5.74) is 3.57. The quantitative estimate of drug-likeness (QED) is 0.442. The Hall–Kier alpha value is -3.88. The normalized spacial score (nSPS) is 13.0. The number of hydrogen-bond acceptors (Lipinski definition) is 6. The van der Waals surface area contributed by atoms with Crippen LogP contribution in [0, 0.1) is 5.41 Å². The third-order valence-corrected chi connectivity index (χ3v) is 6.22. The first-order valence-electron chi connectivity index (χ1n) is 12.2. The Balaban J connectivity index is 1.88. The number of ether oxygens (including phenoxy) is 1. The molecule has 0 saturated heterocycles. The van der Waals surface area contributed by atoms with Crippen LogP contribution < -0.4 is 15.0 Å². The fourth-order valence-electron chi connectivity index (χ4n) is 4.42. The van der Waals surface area contributed by atoms with Gasteiger partial charge in [0.1, 0.15) is 18.1 Å². The van der Waals surface area contributed by atoms with Crippen molar-refractivity contribution in [2.75, 3.05) is 32.1 Å². The standard InChI is InChI=1S/C28H36N4O5/c1-16(2)37-24-11-18-13-32(26(29)19(18)12-20(24)27(36)30-6)14-23(33)17-8-9-22(31(7)15-25(34)35)21(10-17)28(3,4)5/h8-12,16,29H,13-15H2,1-7H3,(H,30,36)(H,34,35). The largest absolute Gasteiger partial charge is 0.490 e.